The first-order chi connectivity index (χ1) is 12.3. The van der Waals surface area contributed by atoms with Gasteiger partial charge in [-0.1, -0.05) is 12.1 Å². The van der Waals surface area contributed by atoms with E-state index in [1.165, 1.54) is 14.0 Å². The van der Waals surface area contributed by atoms with Crippen molar-refractivity contribution in [2.45, 2.75) is 19.6 Å². The van der Waals surface area contributed by atoms with Crippen molar-refractivity contribution in [1.82, 2.24) is 5.32 Å². The van der Waals surface area contributed by atoms with Crippen LogP contribution in [0.2, 0.25) is 0 Å². The third-order valence-corrected chi connectivity index (χ3v) is 3.72. The highest BCUT2D eigenvalue weighted by molar-refractivity contribution is 6.30. The summed E-state index contributed by atoms with van der Waals surface area (Å²) >= 11 is 5.84. The number of quaternary nitrogens is 1. The summed E-state index contributed by atoms with van der Waals surface area (Å²) < 4.78 is 50.0. The molecule has 1 heterocycles. The molecule has 0 saturated heterocycles. The molecule has 1 amide bonds. The second kappa shape index (κ2) is 8.43. The maximum absolute atomic E-state index is 13.2. The highest BCUT2D eigenvalue weighted by atomic mass is 35.5. The molecule has 3 N–H and O–H groups in total. The van der Waals surface area contributed by atoms with Gasteiger partial charge >= 0.3 is 6.18 Å². The van der Waals surface area contributed by atoms with E-state index in [-0.39, 0.29) is 13.3 Å². The summed E-state index contributed by atoms with van der Waals surface area (Å²) in [6.07, 6.45) is -3.97. The number of nitrogens with two attached hydrogens (primary N) is 1. The van der Waals surface area contributed by atoms with Crippen molar-refractivity contribution in [3.63, 3.8) is 0 Å². The molecule has 0 atom stereocenters. The van der Waals surface area contributed by atoms with Crippen molar-refractivity contribution in [3.8, 4) is 11.5 Å². The van der Waals surface area contributed by atoms with E-state index in [4.69, 9.17) is 21.1 Å². The number of benzene rings is 1. The van der Waals surface area contributed by atoms with Crippen LogP contribution in [0.3, 0.4) is 0 Å². The molecule has 1 aromatic carbocycles. The number of ether oxygens (including phenoxy) is 2. The summed E-state index contributed by atoms with van der Waals surface area (Å²) in [7, 11) is 1.22. The Kier molecular flexibility index (Phi) is 6.52. The SMILES string of the molecule is C/C=C(\C(C(=O)NCc1ccc2c(c1)OCO2)=C(\Cl)[NH2+]OC)C(F)(F)F. The minimum atomic E-state index is -4.75. The third kappa shape index (κ3) is 4.69. The van der Waals surface area contributed by atoms with Crippen LogP contribution in [0.5, 0.6) is 11.5 Å². The van der Waals surface area contributed by atoms with Crippen LogP contribution in [0, 0.1) is 0 Å². The van der Waals surface area contributed by atoms with Crippen molar-refractivity contribution in [1.29, 1.82) is 0 Å². The lowest BCUT2D eigenvalue weighted by Gasteiger charge is -2.15. The van der Waals surface area contributed by atoms with Gasteiger partial charge in [-0.25, -0.2) is 4.84 Å². The summed E-state index contributed by atoms with van der Waals surface area (Å²) in [5.41, 5.74) is -0.377. The van der Waals surface area contributed by atoms with Gasteiger partial charge in [-0.05, 0) is 36.2 Å². The second-order valence-electron chi connectivity index (χ2n) is 5.15. The smallest absolute Gasteiger partial charge is 0.417 e. The molecule has 0 aliphatic carbocycles. The fraction of sp³-hybridized carbons (Fsp3) is 0.312. The predicted molar refractivity (Wildman–Crippen MR) is 86.0 cm³/mol. The number of allylic oxidation sites excluding steroid dienone is 1. The average Bonchev–Trinajstić information content (AvgIpc) is 3.04. The van der Waals surface area contributed by atoms with Crippen LogP contribution in [-0.2, 0) is 16.2 Å². The largest absolute Gasteiger partial charge is 0.454 e. The van der Waals surface area contributed by atoms with E-state index in [2.05, 4.69) is 10.2 Å². The number of nitrogens with one attached hydrogen (secondary N) is 1. The van der Waals surface area contributed by atoms with E-state index in [0.29, 0.717) is 17.1 Å². The standard InChI is InChI=1S/C16H16ClF3N2O4/c1-3-10(16(18,19)20)13(14(17)22-24-2)15(23)21-7-9-4-5-11-12(6-9)26-8-25-11/h3-6,22H,7-8H2,1-2H3,(H,21,23)/p+1/b10-3+,14-13+. The monoisotopic (exact) mass is 393 g/mol. The summed E-state index contributed by atoms with van der Waals surface area (Å²) in [6.45, 7) is 1.24. The first-order valence-electron chi connectivity index (χ1n) is 7.44. The number of hydroxylamine groups is 1. The van der Waals surface area contributed by atoms with Gasteiger partial charge in [-0.3, -0.25) is 4.79 Å². The van der Waals surface area contributed by atoms with Crippen LogP contribution in [0.1, 0.15) is 12.5 Å². The van der Waals surface area contributed by atoms with E-state index in [9.17, 15) is 18.0 Å². The van der Waals surface area contributed by atoms with Crippen molar-refractivity contribution in [3.05, 3.63) is 46.1 Å². The zero-order valence-corrected chi connectivity index (χ0v) is 14.7. The molecule has 0 saturated carbocycles. The second-order valence-corrected chi connectivity index (χ2v) is 5.55. The molecule has 142 valence electrons. The lowest BCUT2D eigenvalue weighted by molar-refractivity contribution is -0.848. The van der Waals surface area contributed by atoms with E-state index in [0.717, 1.165) is 11.6 Å². The van der Waals surface area contributed by atoms with Gasteiger partial charge in [-0.2, -0.15) is 18.7 Å². The average molecular weight is 394 g/mol. The van der Waals surface area contributed by atoms with E-state index in [1.54, 1.807) is 18.2 Å². The highest BCUT2D eigenvalue weighted by Crippen LogP contribution is 2.34. The van der Waals surface area contributed by atoms with E-state index >= 15 is 0 Å². The van der Waals surface area contributed by atoms with Crippen molar-refractivity contribution < 1.29 is 37.8 Å². The molecule has 2 rings (SSSR count). The molecule has 0 fully saturated rings. The van der Waals surface area contributed by atoms with Gasteiger partial charge in [0.2, 0.25) is 11.9 Å². The zero-order valence-electron chi connectivity index (χ0n) is 13.9. The molecule has 0 unspecified atom stereocenters. The Labute approximate surface area is 152 Å². The Hall–Kier alpha value is -2.23. The first-order valence-corrected chi connectivity index (χ1v) is 7.82. The maximum atomic E-state index is 13.2. The van der Waals surface area contributed by atoms with E-state index < -0.39 is 28.4 Å². The molecule has 0 aromatic heterocycles. The van der Waals surface area contributed by atoms with Crippen LogP contribution in [0.4, 0.5) is 13.2 Å². The lowest BCUT2D eigenvalue weighted by Crippen LogP contribution is -2.79. The number of carbonyl (C=O) groups excluding carboxylic acids is 1. The van der Waals surface area contributed by atoms with Crippen molar-refractivity contribution in [2.24, 2.45) is 0 Å². The van der Waals surface area contributed by atoms with Gasteiger partial charge in [0.1, 0.15) is 5.57 Å². The molecule has 1 aliphatic rings. The number of rotatable bonds is 6. The fourth-order valence-corrected chi connectivity index (χ4v) is 2.57. The summed E-state index contributed by atoms with van der Waals surface area (Å²) in [6, 6.07) is 4.95. The fourth-order valence-electron chi connectivity index (χ4n) is 2.29. The summed E-state index contributed by atoms with van der Waals surface area (Å²) in [4.78, 5) is 17.0. The number of halogens is 4. The first kappa shape index (κ1) is 20.1. The molecular formula is C16H17ClF3N2O4+. The van der Waals surface area contributed by atoms with Crippen LogP contribution in [-0.4, -0.2) is 26.0 Å². The Balaban J connectivity index is 2.20. The molecule has 6 nitrogen and oxygen atoms in total. The van der Waals surface area contributed by atoms with Crippen molar-refractivity contribution in [2.75, 3.05) is 13.9 Å². The quantitative estimate of drug-likeness (QED) is 0.336. The molecule has 0 bridgehead atoms. The minimum absolute atomic E-state index is 0.0228. The summed E-state index contributed by atoms with van der Waals surface area (Å²) in [5.74, 6) is 0.0840. The molecular weight excluding hydrogens is 377 g/mol. The maximum Gasteiger partial charge on any atom is 0.417 e. The number of carbonyl (C=O) groups is 1. The Morgan fingerprint density at radius 1 is 1.38 bits per heavy atom. The number of fused-ring (bicyclic) bond motifs is 1. The lowest BCUT2D eigenvalue weighted by atomic mass is 10.1. The van der Waals surface area contributed by atoms with Crippen LogP contribution < -0.4 is 20.3 Å². The van der Waals surface area contributed by atoms with Crippen LogP contribution >= 0.6 is 11.6 Å². The molecule has 10 heteroatoms. The number of alkyl halides is 3. The van der Waals surface area contributed by atoms with Crippen molar-refractivity contribution >= 4 is 17.5 Å². The zero-order chi connectivity index (χ0) is 19.3. The molecule has 0 radical (unpaired) electrons. The molecule has 26 heavy (non-hydrogen) atoms. The van der Waals surface area contributed by atoms with Crippen LogP contribution in [0.25, 0.3) is 0 Å². The number of hydrogen-bond acceptors (Lipinski definition) is 4. The molecule has 0 spiro atoms. The van der Waals surface area contributed by atoms with Gasteiger partial charge < -0.3 is 14.8 Å². The van der Waals surface area contributed by atoms with Gasteiger partial charge in [0.25, 0.3) is 5.91 Å². The van der Waals surface area contributed by atoms with E-state index in [1.807, 2.05) is 0 Å². The Morgan fingerprint density at radius 2 is 2.08 bits per heavy atom. The predicted octanol–water partition coefficient (Wildman–Crippen LogP) is 2.12. The van der Waals surface area contributed by atoms with Crippen LogP contribution in [0.15, 0.2) is 40.6 Å². The van der Waals surface area contributed by atoms with Gasteiger partial charge in [-0.15, -0.1) is 0 Å². The third-order valence-electron chi connectivity index (χ3n) is 3.44. The number of hydrogen-bond donors (Lipinski definition) is 2. The highest BCUT2D eigenvalue weighted by Gasteiger charge is 2.40. The number of amides is 1. The van der Waals surface area contributed by atoms with Gasteiger partial charge in [0.05, 0.1) is 12.7 Å². The topological polar surface area (TPSA) is 73.4 Å². The Bertz CT molecular complexity index is 748. The minimum Gasteiger partial charge on any atom is -0.454 e. The summed E-state index contributed by atoms with van der Waals surface area (Å²) in [5, 5.41) is 1.97. The Morgan fingerprint density at radius 3 is 2.69 bits per heavy atom. The normalized spacial score (nSPS) is 14.9. The van der Waals surface area contributed by atoms with Gasteiger partial charge in [0.15, 0.2) is 11.5 Å². The molecule has 1 aliphatic heterocycles. The van der Waals surface area contributed by atoms with Gasteiger partial charge in [0, 0.05) is 6.54 Å². The molecule has 1 aromatic rings.